The Hall–Kier alpha value is -3.14. The van der Waals surface area contributed by atoms with E-state index in [-0.39, 0.29) is 28.9 Å². The van der Waals surface area contributed by atoms with E-state index in [9.17, 15) is 18.0 Å². The highest BCUT2D eigenvalue weighted by Crippen LogP contribution is 2.38. The Kier molecular flexibility index (Phi) is 8.26. The third kappa shape index (κ3) is 6.67. The topological polar surface area (TPSA) is 68.2 Å². The first-order valence-electron chi connectivity index (χ1n) is 10.7. The van der Waals surface area contributed by atoms with E-state index in [1.54, 1.807) is 6.07 Å². The first kappa shape index (κ1) is 24.5. The SMILES string of the molecule is CCCCCOc1ccc(NC(=S)NC(=O)c2ccnn2C2=CC=CCC2)cc1C(F)(F)F. The van der Waals surface area contributed by atoms with E-state index in [1.165, 1.54) is 23.0 Å². The summed E-state index contributed by atoms with van der Waals surface area (Å²) >= 11 is 5.14. The van der Waals surface area contributed by atoms with E-state index in [0.717, 1.165) is 37.4 Å². The van der Waals surface area contributed by atoms with Gasteiger partial charge in [0.25, 0.3) is 5.91 Å². The number of nitrogens with one attached hydrogen (secondary N) is 2. The molecular weight excluding hydrogens is 453 g/mol. The van der Waals surface area contributed by atoms with Crippen LogP contribution in [0.15, 0.2) is 48.7 Å². The lowest BCUT2D eigenvalue weighted by atomic mass is 10.1. The van der Waals surface area contributed by atoms with E-state index < -0.39 is 17.6 Å². The summed E-state index contributed by atoms with van der Waals surface area (Å²) in [6.45, 7) is 2.21. The van der Waals surface area contributed by atoms with E-state index in [2.05, 4.69) is 15.7 Å². The molecule has 3 rings (SSSR count). The molecule has 0 unspecified atom stereocenters. The van der Waals surface area contributed by atoms with Gasteiger partial charge in [0.1, 0.15) is 11.4 Å². The zero-order valence-corrected chi connectivity index (χ0v) is 18.9. The molecule has 0 bridgehead atoms. The van der Waals surface area contributed by atoms with Crippen molar-refractivity contribution >= 4 is 34.6 Å². The number of allylic oxidation sites excluding steroid dienone is 4. The van der Waals surface area contributed by atoms with Crippen molar-refractivity contribution < 1.29 is 22.7 Å². The maximum Gasteiger partial charge on any atom is 0.420 e. The number of alkyl halides is 3. The van der Waals surface area contributed by atoms with Gasteiger partial charge in [0.2, 0.25) is 0 Å². The van der Waals surface area contributed by atoms with Gasteiger partial charge < -0.3 is 10.1 Å². The van der Waals surface area contributed by atoms with Gasteiger partial charge in [-0.15, -0.1) is 0 Å². The number of amides is 1. The van der Waals surface area contributed by atoms with Crippen LogP contribution >= 0.6 is 12.2 Å². The fourth-order valence-electron chi connectivity index (χ4n) is 3.29. The van der Waals surface area contributed by atoms with Crippen molar-refractivity contribution in [3.8, 4) is 5.75 Å². The quantitative estimate of drug-likeness (QED) is 0.371. The second kappa shape index (κ2) is 11.1. The lowest BCUT2D eigenvalue weighted by Gasteiger charge is -2.17. The van der Waals surface area contributed by atoms with Crippen molar-refractivity contribution in [2.45, 2.75) is 45.2 Å². The average molecular weight is 479 g/mol. The minimum absolute atomic E-state index is 0.0853. The monoisotopic (exact) mass is 478 g/mol. The molecule has 0 saturated carbocycles. The molecule has 33 heavy (non-hydrogen) atoms. The normalized spacial score (nSPS) is 13.4. The van der Waals surface area contributed by atoms with Crippen molar-refractivity contribution in [3.63, 3.8) is 0 Å². The third-order valence-electron chi connectivity index (χ3n) is 4.91. The Morgan fingerprint density at radius 3 is 2.79 bits per heavy atom. The molecule has 0 aliphatic heterocycles. The first-order valence-corrected chi connectivity index (χ1v) is 11.1. The molecule has 2 N–H and O–H groups in total. The Balaban J connectivity index is 1.68. The van der Waals surface area contributed by atoms with Crippen LogP contribution in [0, 0.1) is 0 Å². The second-order valence-electron chi connectivity index (χ2n) is 7.43. The molecule has 1 aromatic carbocycles. The Morgan fingerprint density at radius 2 is 2.09 bits per heavy atom. The van der Waals surface area contributed by atoms with Gasteiger partial charge in [-0.2, -0.15) is 18.3 Å². The molecule has 0 spiro atoms. The summed E-state index contributed by atoms with van der Waals surface area (Å²) in [5.74, 6) is -0.759. The van der Waals surface area contributed by atoms with Gasteiger partial charge in [0.05, 0.1) is 18.4 Å². The number of carbonyl (C=O) groups excluding carboxylic acids is 1. The summed E-state index contributed by atoms with van der Waals surface area (Å²) in [6.07, 6.45) is 6.74. The predicted octanol–water partition coefficient (Wildman–Crippen LogP) is 5.79. The molecule has 1 aliphatic carbocycles. The van der Waals surface area contributed by atoms with Gasteiger partial charge in [-0.05, 0) is 61.8 Å². The van der Waals surface area contributed by atoms with Crippen LogP contribution < -0.4 is 15.4 Å². The smallest absolute Gasteiger partial charge is 0.420 e. The predicted molar refractivity (Wildman–Crippen MR) is 125 cm³/mol. The highest BCUT2D eigenvalue weighted by molar-refractivity contribution is 7.80. The van der Waals surface area contributed by atoms with Crippen molar-refractivity contribution in [1.29, 1.82) is 0 Å². The summed E-state index contributed by atoms with van der Waals surface area (Å²) < 4.78 is 47.4. The molecule has 1 heterocycles. The largest absolute Gasteiger partial charge is 0.493 e. The maximum atomic E-state index is 13.5. The zero-order valence-electron chi connectivity index (χ0n) is 18.1. The van der Waals surface area contributed by atoms with Crippen LogP contribution in [-0.2, 0) is 6.18 Å². The third-order valence-corrected chi connectivity index (χ3v) is 5.12. The Morgan fingerprint density at radius 1 is 1.27 bits per heavy atom. The number of hydrogen-bond donors (Lipinski definition) is 2. The van der Waals surface area contributed by atoms with Crippen molar-refractivity contribution in [1.82, 2.24) is 15.1 Å². The highest BCUT2D eigenvalue weighted by atomic mass is 32.1. The molecule has 1 amide bonds. The Labute approximate surface area is 195 Å². The van der Waals surface area contributed by atoms with E-state index in [4.69, 9.17) is 17.0 Å². The average Bonchev–Trinajstić information content (AvgIpc) is 3.27. The summed E-state index contributed by atoms with van der Waals surface area (Å²) in [7, 11) is 0. The minimum atomic E-state index is -4.60. The molecule has 176 valence electrons. The first-order chi connectivity index (χ1) is 15.8. The molecule has 2 aromatic rings. The van der Waals surface area contributed by atoms with Gasteiger partial charge >= 0.3 is 6.18 Å². The van der Waals surface area contributed by atoms with E-state index in [1.807, 2.05) is 25.2 Å². The lowest BCUT2D eigenvalue weighted by molar-refractivity contribution is -0.138. The summed E-state index contributed by atoms with van der Waals surface area (Å²) in [4.78, 5) is 12.7. The maximum absolute atomic E-state index is 13.5. The number of unbranched alkanes of at least 4 members (excludes halogenated alkanes) is 2. The van der Waals surface area contributed by atoms with Crippen molar-refractivity contribution in [2.24, 2.45) is 0 Å². The number of hydrogen-bond acceptors (Lipinski definition) is 4. The molecule has 1 aromatic heterocycles. The van der Waals surface area contributed by atoms with Crippen LogP contribution in [-0.4, -0.2) is 27.4 Å². The number of anilines is 1. The molecule has 0 atom stereocenters. The van der Waals surface area contributed by atoms with Gasteiger partial charge in [-0.3, -0.25) is 10.1 Å². The standard InChI is InChI=1S/C23H25F3N4O2S/c1-2-3-7-14-32-20-11-10-16(15-18(20)23(24,25)26)28-22(33)29-21(31)19-12-13-27-30(19)17-8-5-4-6-9-17/h4-5,8,10-13,15H,2-3,6-7,9,14H2,1H3,(H2,28,29,31,33). The number of benzene rings is 1. The molecule has 6 nitrogen and oxygen atoms in total. The molecule has 0 saturated heterocycles. The molecular formula is C23H25F3N4O2S. The van der Waals surface area contributed by atoms with E-state index >= 15 is 0 Å². The summed E-state index contributed by atoms with van der Waals surface area (Å²) in [5.41, 5.74) is 0.305. The number of aromatic nitrogens is 2. The number of carbonyl (C=O) groups is 1. The van der Waals surface area contributed by atoms with Crippen LogP contribution in [0.3, 0.4) is 0 Å². The molecule has 1 aliphatic rings. The van der Waals surface area contributed by atoms with Crippen LogP contribution in [0.2, 0.25) is 0 Å². The van der Waals surface area contributed by atoms with Crippen LogP contribution in [0.5, 0.6) is 5.75 Å². The number of nitrogens with zero attached hydrogens (tertiary/aromatic N) is 2. The van der Waals surface area contributed by atoms with Crippen molar-refractivity contribution in [2.75, 3.05) is 11.9 Å². The highest BCUT2D eigenvalue weighted by Gasteiger charge is 2.35. The van der Waals surface area contributed by atoms with Gasteiger partial charge in [-0.25, -0.2) is 4.68 Å². The molecule has 0 fully saturated rings. The summed E-state index contributed by atoms with van der Waals surface area (Å²) in [5, 5.41) is 9.19. The van der Waals surface area contributed by atoms with Gasteiger partial charge in [-0.1, -0.05) is 31.9 Å². The molecule has 10 heteroatoms. The number of ether oxygens (including phenoxy) is 1. The summed E-state index contributed by atoms with van der Waals surface area (Å²) in [6, 6.07) is 5.13. The zero-order chi connectivity index (χ0) is 23.8. The molecule has 0 radical (unpaired) electrons. The second-order valence-corrected chi connectivity index (χ2v) is 7.83. The Bertz CT molecular complexity index is 1060. The van der Waals surface area contributed by atoms with Crippen LogP contribution in [0.1, 0.15) is 55.1 Å². The van der Waals surface area contributed by atoms with Crippen LogP contribution in [0.4, 0.5) is 18.9 Å². The number of thiocarbonyl (C=S) groups is 1. The van der Waals surface area contributed by atoms with Crippen molar-refractivity contribution in [3.05, 3.63) is 59.9 Å². The minimum Gasteiger partial charge on any atom is -0.493 e. The fraction of sp³-hybridized carbons (Fsp3) is 0.348. The number of halogens is 3. The number of rotatable bonds is 8. The lowest BCUT2D eigenvalue weighted by Crippen LogP contribution is -2.35. The van der Waals surface area contributed by atoms with Crippen LogP contribution in [0.25, 0.3) is 5.70 Å². The van der Waals surface area contributed by atoms with E-state index in [0.29, 0.717) is 6.42 Å². The van der Waals surface area contributed by atoms with Gasteiger partial charge in [0.15, 0.2) is 5.11 Å². The van der Waals surface area contributed by atoms with Gasteiger partial charge in [0, 0.05) is 11.4 Å². The fourth-order valence-corrected chi connectivity index (χ4v) is 3.50.